The van der Waals surface area contributed by atoms with Crippen LogP contribution in [0.5, 0.6) is 5.75 Å². The molecule has 32 heavy (non-hydrogen) atoms. The van der Waals surface area contributed by atoms with Crippen LogP contribution >= 0.6 is 0 Å². The number of phenolic OH excluding ortho intramolecular Hbond substituents is 1. The molecule has 2 aromatic rings. The van der Waals surface area contributed by atoms with Crippen molar-refractivity contribution in [2.24, 2.45) is 10.3 Å². The Hall–Kier alpha value is -3.27. The zero-order valence-electron chi connectivity index (χ0n) is 18.9. The van der Waals surface area contributed by atoms with Gasteiger partial charge in [0.2, 0.25) is 0 Å². The van der Waals surface area contributed by atoms with E-state index >= 15 is 0 Å². The Labute approximate surface area is 187 Å². The van der Waals surface area contributed by atoms with Crippen molar-refractivity contribution < 1.29 is 22.7 Å². The Morgan fingerprint density at radius 3 is 2.47 bits per heavy atom. The number of para-hydroxylation sites is 1. The number of amidine groups is 1. The number of anilines is 1. The maximum atomic E-state index is 12.3. The van der Waals surface area contributed by atoms with E-state index in [0.29, 0.717) is 5.76 Å². The molecule has 172 valence electrons. The minimum atomic E-state index is -3.86. The van der Waals surface area contributed by atoms with Crippen LogP contribution in [-0.4, -0.2) is 44.3 Å². The molecule has 0 saturated carbocycles. The number of phenols is 1. The third kappa shape index (κ3) is 4.80. The number of hydrogen-bond acceptors (Lipinski definition) is 7. The van der Waals surface area contributed by atoms with E-state index in [0.717, 1.165) is 16.7 Å². The van der Waals surface area contributed by atoms with Crippen molar-refractivity contribution in [1.82, 2.24) is 10.2 Å². The molecule has 0 radical (unpaired) electrons. The second-order valence-electron chi connectivity index (χ2n) is 8.27. The molecule has 1 atom stereocenters. The van der Waals surface area contributed by atoms with Crippen molar-refractivity contribution >= 4 is 27.5 Å². The number of carbonyl (C=O) groups excluding carboxylic acids is 1. The third-order valence-electron chi connectivity index (χ3n) is 5.14. The Balaban J connectivity index is 1.93. The number of sulfonamides is 1. The topological polar surface area (TPSA) is 124 Å². The summed E-state index contributed by atoms with van der Waals surface area (Å²) in [7, 11) is -0.713. The highest BCUT2D eigenvalue weighted by Gasteiger charge is 2.29. The molecule has 1 aliphatic heterocycles. The molecule has 3 rings (SSSR count). The zero-order valence-corrected chi connectivity index (χ0v) is 19.7. The fourth-order valence-electron chi connectivity index (χ4n) is 3.27. The molecule has 0 spiro atoms. The first-order chi connectivity index (χ1) is 14.9. The Morgan fingerprint density at radius 2 is 1.91 bits per heavy atom. The van der Waals surface area contributed by atoms with Crippen LogP contribution in [0.1, 0.15) is 47.3 Å². The summed E-state index contributed by atoms with van der Waals surface area (Å²) in [6.45, 7) is 7.79. The fourth-order valence-corrected chi connectivity index (χ4v) is 4.20. The van der Waals surface area contributed by atoms with Crippen LogP contribution in [0.15, 0.2) is 44.2 Å². The van der Waals surface area contributed by atoms with Crippen molar-refractivity contribution in [2.75, 3.05) is 19.4 Å². The predicted molar refractivity (Wildman–Crippen MR) is 123 cm³/mol. The van der Waals surface area contributed by atoms with Crippen molar-refractivity contribution in [2.45, 2.75) is 33.7 Å². The SMILES string of the molecule is Cc1cc([C@H](NC2=CS(=O)(=O)N=C2Nc2cccc(C(=O)N(C)C)c2O)C(C)C)oc1C. The summed E-state index contributed by atoms with van der Waals surface area (Å²) in [6.07, 6.45) is 0. The van der Waals surface area contributed by atoms with E-state index in [1.165, 1.54) is 17.0 Å². The molecule has 10 heteroatoms. The van der Waals surface area contributed by atoms with Gasteiger partial charge in [-0.1, -0.05) is 19.9 Å². The molecule has 0 bridgehead atoms. The Bertz CT molecular complexity index is 1190. The van der Waals surface area contributed by atoms with E-state index in [4.69, 9.17) is 4.42 Å². The van der Waals surface area contributed by atoms with Gasteiger partial charge < -0.3 is 25.1 Å². The highest BCUT2D eigenvalue weighted by atomic mass is 32.2. The van der Waals surface area contributed by atoms with Crippen molar-refractivity contribution in [3.05, 3.63) is 58.0 Å². The van der Waals surface area contributed by atoms with Crippen LogP contribution in [0.3, 0.4) is 0 Å². The second kappa shape index (κ2) is 8.70. The van der Waals surface area contributed by atoms with Crippen molar-refractivity contribution in [3.8, 4) is 5.75 Å². The lowest BCUT2D eigenvalue weighted by Crippen LogP contribution is -2.30. The number of furan rings is 1. The van der Waals surface area contributed by atoms with Crippen molar-refractivity contribution in [1.29, 1.82) is 0 Å². The van der Waals surface area contributed by atoms with Gasteiger partial charge in [-0.2, -0.15) is 8.42 Å². The molecule has 0 fully saturated rings. The first-order valence-corrected chi connectivity index (χ1v) is 11.6. The van der Waals surface area contributed by atoms with E-state index < -0.39 is 10.0 Å². The quantitative estimate of drug-likeness (QED) is 0.565. The van der Waals surface area contributed by atoms with Crippen LogP contribution in [0.4, 0.5) is 5.69 Å². The summed E-state index contributed by atoms with van der Waals surface area (Å²) in [6, 6.07) is 6.21. The van der Waals surface area contributed by atoms with Gasteiger partial charge in [0.05, 0.1) is 28.4 Å². The maximum Gasteiger partial charge on any atom is 0.279 e. The summed E-state index contributed by atoms with van der Waals surface area (Å²) >= 11 is 0. The summed E-state index contributed by atoms with van der Waals surface area (Å²) in [5, 5.41) is 17.7. The lowest BCUT2D eigenvalue weighted by molar-refractivity contribution is 0.0824. The van der Waals surface area contributed by atoms with E-state index in [-0.39, 0.29) is 46.4 Å². The Morgan fingerprint density at radius 1 is 1.22 bits per heavy atom. The van der Waals surface area contributed by atoms with E-state index in [1.54, 1.807) is 20.2 Å². The summed E-state index contributed by atoms with van der Waals surface area (Å²) in [5.41, 5.74) is 1.48. The average Bonchev–Trinajstić information content (AvgIpc) is 3.17. The molecular formula is C22H28N4O5S. The summed E-state index contributed by atoms with van der Waals surface area (Å²) < 4.78 is 34.1. The van der Waals surface area contributed by atoms with Gasteiger partial charge in [0, 0.05) is 14.1 Å². The molecule has 0 saturated heterocycles. The van der Waals surface area contributed by atoms with Crippen LogP contribution in [0, 0.1) is 19.8 Å². The maximum absolute atomic E-state index is 12.3. The molecule has 0 aliphatic carbocycles. The zero-order chi connectivity index (χ0) is 23.8. The number of nitrogens with one attached hydrogen (secondary N) is 2. The first kappa shape index (κ1) is 23.4. The number of carbonyl (C=O) groups is 1. The van der Waals surface area contributed by atoms with Gasteiger partial charge in [-0.15, -0.1) is 4.40 Å². The molecule has 1 aromatic heterocycles. The third-order valence-corrected chi connectivity index (χ3v) is 6.11. The van der Waals surface area contributed by atoms with Gasteiger partial charge in [-0.3, -0.25) is 4.79 Å². The second-order valence-corrected chi connectivity index (χ2v) is 9.71. The average molecular weight is 461 g/mol. The van der Waals surface area contributed by atoms with E-state index in [2.05, 4.69) is 15.0 Å². The van der Waals surface area contributed by atoms with Crippen LogP contribution in [0.2, 0.25) is 0 Å². The lowest BCUT2D eigenvalue weighted by atomic mass is 10.0. The number of amides is 1. The molecule has 9 nitrogen and oxygen atoms in total. The monoisotopic (exact) mass is 460 g/mol. The number of rotatable bonds is 6. The van der Waals surface area contributed by atoms with Gasteiger partial charge in [0.15, 0.2) is 11.6 Å². The van der Waals surface area contributed by atoms with E-state index in [9.17, 15) is 18.3 Å². The number of aromatic hydroxyl groups is 1. The van der Waals surface area contributed by atoms with Gasteiger partial charge in [0.25, 0.3) is 15.9 Å². The van der Waals surface area contributed by atoms with Crippen molar-refractivity contribution in [3.63, 3.8) is 0 Å². The smallest absolute Gasteiger partial charge is 0.279 e. The minimum Gasteiger partial charge on any atom is -0.505 e. The molecule has 0 unspecified atom stereocenters. The minimum absolute atomic E-state index is 0.0143. The molecule has 1 amide bonds. The summed E-state index contributed by atoms with van der Waals surface area (Å²) in [5.74, 6) is 0.876. The molecular weight excluding hydrogens is 432 g/mol. The first-order valence-electron chi connectivity index (χ1n) is 10.1. The largest absolute Gasteiger partial charge is 0.505 e. The Kier molecular flexibility index (Phi) is 6.36. The lowest BCUT2D eigenvalue weighted by Gasteiger charge is -2.23. The highest BCUT2D eigenvalue weighted by Crippen LogP contribution is 2.31. The normalized spacial score (nSPS) is 15.8. The standard InChI is InChI=1S/C22H28N4O5S/c1-12(2)19(18-10-13(3)14(4)31-18)23-17-11-32(29,30)25-21(17)24-16-9-7-8-15(20(16)27)22(28)26(5)6/h7-12,19,23,27H,1-6H3,(H,24,25)/t19-/m1/s1. The van der Waals surface area contributed by atoms with Gasteiger partial charge >= 0.3 is 0 Å². The van der Waals surface area contributed by atoms with Crippen LogP contribution in [0.25, 0.3) is 0 Å². The number of benzene rings is 1. The van der Waals surface area contributed by atoms with Gasteiger partial charge in [-0.25, -0.2) is 0 Å². The predicted octanol–water partition coefficient (Wildman–Crippen LogP) is 3.29. The summed E-state index contributed by atoms with van der Waals surface area (Å²) in [4.78, 5) is 13.6. The molecule has 2 heterocycles. The van der Waals surface area contributed by atoms with Gasteiger partial charge in [-0.05, 0) is 43.5 Å². The number of aryl methyl sites for hydroxylation is 2. The van der Waals surface area contributed by atoms with Gasteiger partial charge in [0.1, 0.15) is 11.5 Å². The number of hydrogen-bond donors (Lipinski definition) is 3. The highest BCUT2D eigenvalue weighted by molar-refractivity contribution is 7.93. The van der Waals surface area contributed by atoms with E-state index in [1.807, 2.05) is 33.8 Å². The molecule has 1 aliphatic rings. The number of nitrogens with zero attached hydrogens (tertiary/aromatic N) is 2. The fraction of sp³-hybridized carbons (Fsp3) is 0.364. The molecule has 3 N–H and O–H groups in total. The van der Waals surface area contributed by atoms with Crippen LogP contribution in [-0.2, 0) is 10.0 Å². The van der Waals surface area contributed by atoms with Crippen LogP contribution < -0.4 is 10.6 Å². The molecule has 1 aromatic carbocycles.